The fourth-order valence-corrected chi connectivity index (χ4v) is 3.15. The fourth-order valence-electron chi connectivity index (χ4n) is 2.29. The first kappa shape index (κ1) is 12.0. The van der Waals surface area contributed by atoms with Gasteiger partial charge in [-0.25, -0.2) is 4.98 Å². The van der Waals surface area contributed by atoms with E-state index in [0.717, 1.165) is 19.1 Å². The van der Waals surface area contributed by atoms with Crippen LogP contribution >= 0.6 is 11.3 Å². The van der Waals surface area contributed by atoms with Gasteiger partial charge in [0.2, 0.25) is 0 Å². The van der Waals surface area contributed by atoms with Gasteiger partial charge in [-0.15, -0.1) is 11.3 Å². The number of hydrogen-bond acceptors (Lipinski definition) is 4. The van der Waals surface area contributed by atoms with Crippen LogP contribution in [0, 0.1) is 6.92 Å². The number of aromatic nitrogens is 1. The molecule has 1 aliphatic heterocycles. The molecule has 0 aromatic carbocycles. The van der Waals surface area contributed by atoms with E-state index in [4.69, 9.17) is 0 Å². The molecule has 0 amide bonds. The number of thiazole rings is 1. The van der Waals surface area contributed by atoms with Crippen molar-refractivity contribution in [2.45, 2.75) is 38.8 Å². The zero-order valence-electron chi connectivity index (χ0n) is 10.2. The highest BCUT2D eigenvalue weighted by molar-refractivity contribution is 7.11. The first-order valence-corrected chi connectivity index (χ1v) is 6.89. The molecule has 1 aromatic heterocycles. The van der Waals surface area contributed by atoms with E-state index in [1.54, 1.807) is 0 Å². The molecule has 90 valence electrons. The molecule has 1 aromatic rings. The average molecular weight is 239 g/mol. The molecule has 0 aliphatic carbocycles. The summed E-state index contributed by atoms with van der Waals surface area (Å²) in [6, 6.07) is 0.734. The smallest absolute Gasteiger partial charge is 0.0897 e. The average Bonchev–Trinajstić information content (AvgIpc) is 2.56. The van der Waals surface area contributed by atoms with Gasteiger partial charge in [-0.2, -0.15) is 0 Å². The van der Waals surface area contributed by atoms with E-state index >= 15 is 0 Å². The Balaban J connectivity index is 1.88. The summed E-state index contributed by atoms with van der Waals surface area (Å²) < 4.78 is 0. The van der Waals surface area contributed by atoms with Gasteiger partial charge >= 0.3 is 0 Å². The lowest BCUT2D eigenvalue weighted by Crippen LogP contribution is -2.31. The normalized spacial score (nSPS) is 22.3. The Kier molecular flexibility index (Phi) is 4.32. The Bertz CT molecular complexity index is 316. The van der Waals surface area contributed by atoms with Gasteiger partial charge in [0.25, 0.3) is 0 Å². The third kappa shape index (κ3) is 3.27. The van der Waals surface area contributed by atoms with Gasteiger partial charge in [0.15, 0.2) is 0 Å². The number of hydrogen-bond donors (Lipinski definition) is 1. The van der Waals surface area contributed by atoms with Crippen molar-refractivity contribution in [2.24, 2.45) is 0 Å². The minimum atomic E-state index is 0.734. The summed E-state index contributed by atoms with van der Waals surface area (Å²) in [6.07, 6.45) is 5.91. The lowest BCUT2D eigenvalue weighted by molar-refractivity contribution is 0.218. The lowest BCUT2D eigenvalue weighted by Gasteiger charge is -2.26. The van der Waals surface area contributed by atoms with Gasteiger partial charge in [-0.3, -0.25) is 4.90 Å². The zero-order chi connectivity index (χ0) is 11.4. The van der Waals surface area contributed by atoms with Crippen LogP contribution in [0.4, 0.5) is 0 Å². The Morgan fingerprint density at radius 1 is 1.50 bits per heavy atom. The van der Waals surface area contributed by atoms with E-state index in [-0.39, 0.29) is 0 Å². The molecule has 3 nitrogen and oxygen atoms in total. The Labute approximate surface area is 102 Å². The van der Waals surface area contributed by atoms with Crippen LogP contribution in [-0.4, -0.2) is 36.1 Å². The van der Waals surface area contributed by atoms with E-state index in [9.17, 15) is 0 Å². The molecule has 1 atom stereocenters. The van der Waals surface area contributed by atoms with E-state index in [2.05, 4.69) is 29.2 Å². The molecule has 2 rings (SSSR count). The third-order valence-corrected chi connectivity index (χ3v) is 4.14. The molecular formula is C12H21N3S. The minimum absolute atomic E-state index is 0.734. The molecule has 1 unspecified atom stereocenters. The van der Waals surface area contributed by atoms with Crippen molar-refractivity contribution in [1.82, 2.24) is 15.2 Å². The number of rotatable bonds is 3. The Hall–Kier alpha value is -0.450. The van der Waals surface area contributed by atoms with Gasteiger partial charge < -0.3 is 5.32 Å². The predicted molar refractivity (Wildman–Crippen MR) is 68.8 cm³/mol. The molecule has 1 fully saturated rings. The zero-order valence-corrected chi connectivity index (χ0v) is 11.0. The second-order valence-corrected chi connectivity index (χ2v) is 5.91. The highest BCUT2D eigenvalue weighted by atomic mass is 32.1. The van der Waals surface area contributed by atoms with Crippen molar-refractivity contribution in [2.75, 3.05) is 20.1 Å². The number of nitrogens with zero attached hydrogens (tertiary/aromatic N) is 2. The van der Waals surface area contributed by atoms with Crippen LogP contribution < -0.4 is 5.32 Å². The maximum Gasteiger partial charge on any atom is 0.0897 e. The first-order valence-electron chi connectivity index (χ1n) is 6.08. The van der Waals surface area contributed by atoms with Crippen molar-refractivity contribution in [3.63, 3.8) is 0 Å². The van der Waals surface area contributed by atoms with Gasteiger partial charge in [-0.1, -0.05) is 0 Å². The molecule has 1 aliphatic rings. The first-order chi connectivity index (χ1) is 7.75. The summed E-state index contributed by atoms with van der Waals surface area (Å²) in [4.78, 5) is 8.19. The predicted octanol–water partition coefficient (Wildman–Crippen LogP) is 2.03. The van der Waals surface area contributed by atoms with Gasteiger partial charge in [0.05, 0.1) is 5.01 Å². The minimum Gasteiger partial charge on any atom is -0.317 e. The van der Waals surface area contributed by atoms with Crippen molar-refractivity contribution >= 4 is 11.3 Å². The van der Waals surface area contributed by atoms with Gasteiger partial charge in [-0.05, 0) is 46.3 Å². The van der Waals surface area contributed by atoms with Crippen LogP contribution in [0.15, 0.2) is 6.20 Å². The van der Waals surface area contributed by atoms with Crippen LogP contribution in [0.3, 0.4) is 0 Å². The van der Waals surface area contributed by atoms with Crippen molar-refractivity contribution < 1.29 is 0 Å². The highest BCUT2D eigenvalue weighted by Gasteiger charge is 2.17. The molecule has 0 bridgehead atoms. The molecule has 16 heavy (non-hydrogen) atoms. The summed E-state index contributed by atoms with van der Waals surface area (Å²) in [5.41, 5.74) is 0. The van der Waals surface area contributed by atoms with Crippen LogP contribution in [0.2, 0.25) is 0 Å². The van der Waals surface area contributed by atoms with Gasteiger partial charge in [0.1, 0.15) is 0 Å². The maximum absolute atomic E-state index is 4.31. The van der Waals surface area contributed by atoms with Crippen molar-refractivity contribution in [3.8, 4) is 0 Å². The summed E-state index contributed by atoms with van der Waals surface area (Å²) in [7, 11) is 2.24. The largest absolute Gasteiger partial charge is 0.317 e. The van der Waals surface area contributed by atoms with E-state index in [1.165, 1.54) is 35.7 Å². The molecule has 1 saturated heterocycles. The SMILES string of the molecule is Cc1ncc(CN(C)C2CCCNCC2)s1. The number of nitrogens with one attached hydrogen (secondary N) is 1. The van der Waals surface area contributed by atoms with E-state index < -0.39 is 0 Å². The van der Waals surface area contributed by atoms with Crippen LogP contribution in [0.5, 0.6) is 0 Å². The monoisotopic (exact) mass is 239 g/mol. The molecule has 0 spiro atoms. The highest BCUT2D eigenvalue weighted by Crippen LogP contribution is 2.18. The van der Waals surface area contributed by atoms with Crippen molar-refractivity contribution in [3.05, 3.63) is 16.1 Å². The summed E-state index contributed by atoms with van der Waals surface area (Å²) in [6.45, 7) is 5.47. The lowest BCUT2D eigenvalue weighted by atomic mass is 10.1. The molecule has 4 heteroatoms. The van der Waals surface area contributed by atoms with Gasteiger partial charge in [0, 0.05) is 23.7 Å². The molecule has 2 heterocycles. The van der Waals surface area contributed by atoms with Crippen LogP contribution in [-0.2, 0) is 6.54 Å². The molecule has 1 N–H and O–H groups in total. The maximum atomic E-state index is 4.31. The Morgan fingerprint density at radius 3 is 3.12 bits per heavy atom. The van der Waals surface area contributed by atoms with Crippen LogP contribution in [0.25, 0.3) is 0 Å². The molecular weight excluding hydrogens is 218 g/mol. The molecule has 0 radical (unpaired) electrons. The summed E-state index contributed by atoms with van der Waals surface area (Å²) in [5.74, 6) is 0. The van der Waals surface area contributed by atoms with Crippen molar-refractivity contribution in [1.29, 1.82) is 0 Å². The Morgan fingerprint density at radius 2 is 2.38 bits per heavy atom. The standard InChI is InChI=1S/C12H21N3S/c1-10-14-8-12(16-10)9-15(2)11-4-3-6-13-7-5-11/h8,11,13H,3-7,9H2,1-2H3. The van der Waals surface area contributed by atoms with Crippen LogP contribution in [0.1, 0.15) is 29.1 Å². The second-order valence-electron chi connectivity index (χ2n) is 4.60. The van der Waals surface area contributed by atoms with E-state index in [1.807, 2.05) is 17.5 Å². The molecule has 0 saturated carbocycles. The second kappa shape index (κ2) is 5.75. The van der Waals surface area contributed by atoms with E-state index in [0.29, 0.717) is 0 Å². The summed E-state index contributed by atoms with van der Waals surface area (Å²) in [5, 5.41) is 4.64. The number of aryl methyl sites for hydroxylation is 1. The summed E-state index contributed by atoms with van der Waals surface area (Å²) >= 11 is 1.82. The topological polar surface area (TPSA) is 28.2 Å². The fraction of sp³-hybridized carbons (Fsp3) is 0.750. The quantitative estimate of drug-likeness (QED) is 0.875. The third-order valence-electron chi connectivity index (χ3n) is 3.24.